The van der Waals surface area contributed by atoms with Gasteiger partial charge in [-0.05, 0) is 71.0 Å². The first-order valence-electron chi connectivity index (χ1n) is 7.48. The highest BCUT2D eigenvalue weighted by Crippen LogP contribution is 2.46. The van der Waals surface area contributed by atoms with Crippen molar-refractivity contribution in [1.29, 1.82) is 0 Å². The molecule has 0 radical (unpaired) electrons. The van der Waals surface area contributed by atoms with E-state index in [0.29, 0.717) is 11.3 Å². The zero-order valence-electron chi connectivity index (χ0n) is 12.7. The van der Waals surface area contributed by atoms with E-state index in [1.807, 2.05) is 0 Å². The molecule has 1 fully saturated rings. The molecule has 0 amide bonds. The van der Waals surface area contributed by atoms with Crippen molar-refractivity contribution in [3.63, 3.8) is 0 Å². The van der Waals surface area contributed by atoms with Crippen LogP contribution in [0.25, 0.3) is 0 Å². The number of hydrogen-bond acceptors (Lipinski definition) is 0. The van der Waals surface area contributed by atoms with Crippen LogP contribution in [-0.4, -0.2) is 0 Å². The van der Waals surface area contributed by atoms with Gasteiger partial charge in [0.25, 0.3) is 0 Å². The Morgan fingerprint density at radius 2 is 1.67 bits per heavy atom. The fraction of sp³-hybridized carbons (Fsp3) is 0.647. The van der Waals surface area contributed by atoms with Crippen LogP contribution < -0.4 is 0 Å². The van der Waals surface area contributed by atoms with Crippen LogP contribution in [0.4, 0.5) is 8.78 Å². The van der Waals surface area contributed by atoms with E-state index >= 15 is 0 Å². The van der Waals surface area contributed by atoms with Gasteiger partial charge < -0.3 is 0 Å². The van der Waals surface area contributed by atoms with Gasteiger partial charge in [-0.2, -0.15) is 0 Å². The molecule has 21 heavy (non-hydrogen) atoms. The lowest BCUT2D eigenvalue weighted by Gasteiger charge is -2.38. The Kier molecular flexibility index (Phi) is 5.36. The number of rotatable bonds is 2. The molecule has 1 saturated carbocycles. The third-order valence-corrected chi connectivity index (χ3v) is 5.95. The lowest BCUT2D eigenvalue weighted by molar-refractivity contribution is 0.148. The van der Waals surface area contributed by atoms with Crippen molar-refractivity contribution in [2.75, 3.05) is 0 Å². The molecule has 0 saturated heterocycles. The van der Waals surface area contributed by atoms with Gasteiger partial charge in [-0.25, -0.2) is 8.78 Å². The smallest absolute Gasteiger partial charge is 0.137 e. The highest BCUT2D eigenvalue weighted by molar-refractivity contribution is 9.10. The van der Waals surface area contributed by atoms with E-state index in [2.05, 4.69) is 36.7 Å². The van der Waals surface area contributed by atoms with Crippen LogP contribution in [0.5, 0.6) is 0 Å². The highest BCUT2D eigenvalue weighted by atomic mass is 79.9. The van der Waals surface area contributed by atoms with Crippen molar-refractivity contribution in [1.82, 2.24) is 0 Å². The molecule has 0 nitrogen and oxygen atoms in total. The monoisotopic (exact) mass is 378 g/mol. The van der Waals surface area contributed by atoms with Crippen molar-refractivity contribution in [3.8, 4) is 0 Å². The second-order valence-corrected chi connectivity index (χ2v) is 8.49. The van der Waals surface area contributed by atoms with Crippen LogP contribution in [0.15, 0.2) is 16.6 Å². The molecule has 0 aromatic heterocycles. The molecule has 2 rings (SSSR count). The predicted octanol–water partition coefficient (Wildman–Crippen LogP) is 6.86. The summed E-state index contributed by atoms with van der Waals surface area (Å²) in [5.41, 5.74) is 0.596. The molecule has 1 atom stereocenters. The van der Waals surface area contributed by atoms with Crippen molar-refractivity contribution in [2.45, 2.75) is 51.8 Å². The Hall–Kier alpha value is -0.150. The maximum Gasteiger partial charge on any atom is 0.137 e. The Balaban J connectivity index is 2.09. The van der Waals surface area contributed by atoms with Crippen LogP contribution in [0.2, 0.25) is 0 Å². The fourth-order valence-corrected chi connectivity index (χ4v) is 4.02. The van der Waals surface area contributed by atoms with Gasteiger partial charge in [-0.15, -0.1) is 11.6 Å². The first-order valence-corrected chi connectivity index (χ1v) is 8.71. The van der Waals surface area contributed by atoms with Gasteiger partial charge in [0.15, 0.2) is 0 Å². The molecular formula is C17H22BrClF2. The van der Waals surface area contributed by atoms with Gasteiger partial charge in [0.05, 0.1) is 9.85 Å². The normalized spacial score (nSPS) is 24.9. The predicted molar refractivity (Wildman–Crippen MR) is 87.6 cm³/mol. The Morgan fingerprint density at radius 1 is 1.10 bits per heavy atom. The minimum absolute atomic E-state index is 0.143. The Morgan fingerprint density at radius 3 is 2.19 bits per heavy atom. The molecule has 0 aliphatic heterocycles. The van der Waals surface area contributed by atoms with E-state index in [1.54, 1.807) is 0 Å². The summed E-state index contributed by atoms with van der Waals surface area (Å²) < 4.78 is 27.8. The SMILES string of the molecule is CC(C)(C)C1CCC(C(Cl)c2cc(F)c(Br)cc2F)CC1. The van der Waals surface area contributed by atoms with Crippen molar-refractivity contribution in [2.24, 2.45) is 17.3 Å². The van der Waals surface area contributed by atoms with Gasteiger partial charge in [0.1, 0.15) is 11.6 Å². The summed E-state index contributed by atoms with van der Waals surface area (Å²) in [7, 11) is 0. The lowest BCUT2D eigenvalue weighted by Crippen LogP contribution is -2.27. The second-order valence-electron chi connectivity index (χ2n) is 7.17. The number of benzene rings is 1. The van der Waals surface area contributed by atoms with Gasteiger partial charge >= 0.3 is 0 Å². The maximum absolute atomic E-state index is 14.0. The highest BCUT2D eigenvalue weighted by Gasteiger charge is 2.33. The molecule has 0 bridgehead atoms. The van der Waals surface area contributed by atoms with Crippen molar-refractivity contribution in [3.05, 3.63) is 33.8 Å². The van der Waals surface area contributed by atoms with Crippen LogP contribution in [0.1, 0.15) is 57.4 Å². The summed E-state index contributed by atoms with van der Waals surface area (Å²) in [6.45, 7) is 6.79. The number of halogens is 4. The third kappa shape index (κ3) is 3.98. The van der Waals surface area contributed by atoms with E-state index in [9.17, 15) is 8.78 Å². The average Bonchev–Trinajstić information content (AvgIpc) is 2.41. The molecule has 118 valence electrons. The van der Waals surface area contributed by atoms with E-state index < -0.39 is 17.0 Å². The molecule has 0 N–H and O–H groups in total. The number of alkyl halides is 1. The van der Waals surface area contributed by atoms with Crippen LogP contribution in [0, 0.1) is 28.9 Å². The average molecular weight is 380 g/mol. The van der Waals surface area contributed by atoms with Crippen molar-refractivity contribution < 1.29 is 8.78 Å². The Bertz CT molecular complexity index is 502. The molecule has 1 aliphatic rings. The van der Waals surface area contributed by atoms with E-state index in [-0.39, 0.29) is 16.0 Å². The molecule has 1 aromatic carbocycles. The molecule has 4 heteroatoms. The molecular weight excluding hydrogens is 358 g/mol. The van der Waals surface area contributed by atoms with E-state index in [4.69, 9.17) is 11.6 Å². The zero-order valence-corrected chi connectivity index (χ0v) is 15.1. The first kappa shape index (κ1) is 17.2. The molecule has 0 spiro atoms. The summed E-state index contributed by atoms with van der Waals surface area (Å²) in [5.74, 6) is 0.0195. The van der Waals surface area contributed by atoms with Crippen LogP contribution >= 0.6 is 27.5 Å². The first-order chi connectivity index (χ1) is 9.70. The minimum atomic E-state index is -0.458. The summed E-state index contributed by atoms with van der Waals surface area (Å²) in [4.78, 5) is 0. The second kappa shape index (κ2) is 6.54. The summed E-state index contributed by atoms with van der Waals surface area (Å²) >= 11 is 9.45. The largest absolute Gasteiger partial charge is 0.207 e. The maximum atomic E-state index is 14.0. The van der Waals surface area contributed by atoms with Gasteiger partial charge in [0, 0.05) is 5.56 Å². The standard InChI is InChI=1S/C17H22BrClF2/c1-17(2,3)11-6-4-10(5-7-11)16(19)12-8-15(21)13(18)9-14(12)20/h8-11,16H,4-7H2,1-3H3. The summed E-state index contributed by atoms with van der Waals surface area (Å²) in [6, 6.07) is 2.40. The lowest BCUT2D eigenvalue weighted by atomic mass is 9.69. The van der Waals surface area contributed by atoms with Gasteiger partial charge in [-0.1, -0.05) is 20.8 Å². The van der Waals surface area contributed by atoms with Crippen LogP contribution in [0.3, 0.4) is 0 Å². The summed E-state index contributed by atoms with van der Waals surface area (Å²) in [5, 5.41) is -0.450. The van der Waals surface area contributed by atoms with Gasteiger partial charge in [0.2, 0.25) is 0 Å². The summed E-state index contributed by atoms with van der Waals surface area (Å²) in [6.07, 6.45) is 4.18. The van der Waals surface area contributed by atoms with Crippen molar-refractivity contribution >= 4 is 27.5 Å². The van der Waals surface area contributed by atoms with E-state index in [0.717, 1.165) is 25.7 Å². The number of hydrogen-bond donors (Lipinski definition) is 0. The van der Waals surface area contributed by atoms with Crippen LogP contribution in [-0.2, 0) is 0 Å². The fourth-order valence-electron chi connectivity index (χ4n) is 3.28. The third-order valence-electron chi connectivity index (χ3n) is 4.75. The molecule has 0 heterocycles. The minimum Gasteiger partial charge on any atom is -0.207 e. The Labute approximate surface area is 139 Å². The topological polar surface area (TPSA) is 0 Å². The van der Waals surface area contributed by atoms with Gasteiger partial charge in [-0.3, -0.25) is 0 Å². The molecule has 1 unspecified atom stereocenters. The molecule has 1 aliphatic carbocycles. The molecule has 1 aromatic rings. The zero-order chi connectivity index (χ0) is 15.8. The van der Waals surface area contributed by atoms with E-state index in [1.165, 1.54) is 12.1 Å². The quantitative estimate of drug-likeness (QED) is 0.389.